The van der Waals surface area contributed by atoms with E-state index in [2.05, 4.69) is 15.1 Å². The molecule has 0 amide bonds. The van der Waals surface area contributed by atoms with E-state index in [1.807, 2.05) is 0 Å². The fourth-order valence-electron chi connectivity index (χ4n) is 5.76. The smallest absolute Gasteiger partial charge is 0.0594 e. The Labute approximate surface area is 148 Å². The highest BCUT2D eigenvalue weighted by Gasteiger charge is 2.38. The van der Waals surface area contributed by atoms with Crippen LogP contribution in [0.4, 0.5) is 0 Å². The lowest BCUT2D eigenvalue weighted by Crippen LogP contribution is -2.49. The van der Waals surface area contributed by atoms with Gasteiger partial charge in [-0.15, -0.1) is 0 Å². The molecule has 4 aliphatic rings. The Morgan fingerprint density at radius 2 is 1.67 bits per heavy atom. The van der Waals surface area contributed by atoms with Gasteiger partial charge in [0.1, 0.15) is 0 Å². The molecule has 3 aliphatic heterocycles. The summed E-state index contributed by atoms with van der Waals surface area (Å²) in [5.41, 5.74) is 0.713. The van der Waals surface area contributed by atoms with E-state index in [1.54, 1.807) is 0 Å². The number of hydrogen-bond donors (Lipinski definition) is 1. The van der Waals surface area contributed by atoms with E-state index in [-0.39, 0.29) is 0 Å². The maximum atomic E-state index is 5.50. The second kappa shape index (κ2) is 8.03. The first-order chi connectivity index (χ1) is 11.8. The first kappa shape index (κ1) is 17.3. The van der Waals surface area contributed by atoms with E-state index in [1.165, 1.54) is 84.1 Å². The average molecular weight is 336 g/mol. The molecular formula is C20H37N3O. The summed E-state index contributed by atoms with van der Waals surface area (Å²) in [5, 5.41) is 3.55. The van der Waals surface area contributed by atoms with Crippen molar-refractivity contribution in [3.05, 3.63) is 0 Å². The molecule has 1 N–H and O–H groups in total. The fraction of sp³-hybridized carbons (Fsp3) is 1.00. The number of morpholine rings is 1. The highest BCUT2D eigenvalue weighted by atomic mass is 16.5. The van der Waals surface area contributed by atoms with Crippen LogP contribution in [0.25, 0.3) is 0 Å². The predicted molar refractivity (Wildman–Crippen MR) is 98.3 cm³/mol. The lowest BCUT2D eigenvalue weighted by Gasteiger charge is -2.47. The number of rotatable bonds is 3. The van der Waals surface area contributed by atoms with Crippen molar-refractivity contribution in [2.75, 3.05) is 59.0 Å². The van der Waals surface area contributed by atoms with Gasteiger partial charge < -0.3 is 15.0 Å². The maximum Gasteiger partial charge on any atom is 0.0594 e. The molecule has 1 atom stereocenters. The lowest BCUT2D eigenvalue weighted by molar-refractivity contribution is 0.0101. The van der Waals surface area contributed by atoms with Crippen molar-refractivity contribution in [2.45, 2.75) is 57.4 Å². The molecular weight excluding hydrogens is 298 g/mol. The Balaban J connectivity index is 1.25. The monoisotopic (exact) mass is 335 g/mol. The summed E-state index contributed by atoms with van der Waals surface area (Å²) in [6, 6.07) is 0.887. The van der Waals surface area contributed by atoms with Gasteiger partial charge in [0.25, 0.3) is 0 Å². The zero-order valence-electron chi connectivity index (χ0n) is 15.5. The Bertz CT molecular complexity index is 380. The van der Waals surface area contributed by atoms with Crippen LogP contribution in [-0.2, 0) is 4.74 Å². The standard InChI is InChI=1S/C20H37N3O/c1-2-18(16-22-12-14-24-15-13-22)17-23(11-1)19-3-5-20(6-4-19)7-9-21-10-8-20/h18-19,21H,1-17H2/t18-/m0/s1. The summed E-state index contributed by atoms with van der Waals surface area (Å²) in [4.78, 5) is 5.52. The Morgan fingerprint density at radius 3 is 2.42 bits per heavy atom. The number of ether oxygens (including phenoxy) is 1. The van der Waals surface area contributed by atoms with Crippen LogP contribution >= 0.6 is 0 Å². The van der Waals surface area contributed by atoms with Crippen molar-refractivity contribution in [1.29, 1.82) is 0 Å². The van der Waals surface area contributed by atoms with Crippen LogP contribution in [0.15, 0.2) is 0 Å². The molecule has 4 fully saturated rings. The molecule has 0 aromatic rings. The molecule has 0 aromatic heterocycles. The summed E-state index contributed by atoms with van der Waals surface area (Å²) in [5.74, 6) is 0.895. The average Bonchev–Trinajstić information content (AvgIpc) is 2.64. The zero-order chi connectivity index (χ0) is 16.2. The number of hydrogen-bond acceptors (Lipinski definition) is 4. The van der Waals surface area contributed by atoms with Crippen molar-refractivity contribution in [2.24, 2.45) is 11.3 Å². The summed E-state index contributed by atoms with van der Waals surface area (Å²) in [6.45, 7) is 10.7. The van der Waals surface area contributed by atoms with Gasteiger partial charge in [0.2, 0.25) is 0 Å². The van der Waals surface area contributed by atoms with E-state index in [4.69, 9.17) is 4.74 Å². The second-order valence-corrected chi connectivity index (χ2v) is 8.90. The molecule has 0 bridgehead atoms. The van der Waals surface area contributed by atoms with Crippen LogP contribution < -0.4 is 5.32 Å². The maximum absolute atomic E-state index is 5.50. The van der Waals surface area contributed by atoms with Crippen molar-refractivity contribution in [3.63, 3.8) is 0 Å². The lowest BCUT2D eigenvalue weighted by atomic mass is 9.67. The molecule has 4 heteroatoms. The van der Waals surface area contributed by atoms with Crippen molar-refractivity contribution in [3.8, 4) is 0 Å². The van der Waals surface area contributed by atoms with Crippen LogP contribution in [-0.4, -0.2) is 74.9 Å². The quantitative estimate of drug-likeness (QED) is 0.857. The molecule has 1 spiro atoms. The van der Waals surface area contributed by atoms with Crippen LogP contribution in [0, 0.1) is 11.3 Å². The third-order valence-electron chi connectivity index (χ3n) is 7.37. The van der Waals surface area contributed by atoms with Crippen LogP contribution in [0.5, 0.6) is 0 Å². The molecule has 138 valence electrons. The van der Waals surface area contributed by atoms with Gasteiger partial charge in [-0.05, 0) is 82.3 Å². The van der Waals surface area contributed by atoms with Crippen molar-refractivity contribution in [1.82, 2.24) is 15.1 Å². The number of nitrogens with zero attached hydrogens (tertiary/aromatic N) is 2. The third-order valence-corrected chi connectivity index (χ3v) is 7.37. The summed E-state index contributed by atoms with van der Waals surface area (Å²) in [6.07, 6.45) is 11.6. The van der Waals surface area contributed by atoms with E-state index in [9.17, 15) is 0 Å². The van der Waals surface area contributed by atoms with Gasteiger partial charge in [-0.25, -0.2) is 0 Å². The zero-order valence-corrected chi connectivity index (χ0v) is 15.5. The van der Waals surface area contributed by atoms with Gasteiger partial charge in [0, 0.05) is 32.2 Å². The van der Waals surface area contributed by atoms with Gasteiger partial charge in [-0.1, -0.05) is 0 Å². The number of piperidine rings is 2. The van der Waals surface area contributed by atoms with Crippen LogP contribution in [0.1, 0.15) is 51.4 Å². The minimum atomic E-state index is 0.713. The minimum Gasteiger partial charge on any atom is -0.379 e. The van der Waals surface area contributed by atoms with E-state index in [0.29, 0.717) is 5.41 Å². The normalized spacial score (nSPS) is 33.8. The molecule has 4 rings (SSSR count). The second-order valence-electron chi connectivity index (χ2n) is 8.90. The van der Waals surface area contributed by atoms with E-state index >= 15 is 0 Å². The van der Waals surface area contributed by atoms with Crippen molar-refractivity contribution < 1.29 is 4.74 Å². The highest BCUT2D eigenvalue weighted by Crippen LogP contribution is 2.44. The fourth-order valence-corrected chi connectivity index (χ4v) is 5.76. The predicted octanol–water partition coefficient (Wildman–Crippen LogP) is 2.34. The van der Waals surface area contributed by atoms with Gasteiger partial charge >= 0.3 is 0 Å². The molecule has 1 aliphatic carbocycles. The summed E-state index contributed by atoms with van der Waals surface area (Å²) in [7, 11) is 0. The summed E-state index contributed by atoms with van der Waals surface area (Å²) < 4.78 is 5.50. The molecule has 4 nitrogen and oxygen atoms in total. The van der Waals surface area contributed by atoms with Gasteiger partial charge in [-0.2, -0.15) is 0 Å². The molecule has 3 heterocycles. The molecule has 24 heavy (non-hydrogen) atoms. The topological polar surface area (TPSA) is 27.7 Å². The Hall–Kier alpha value is -0.160. The Kier molecular flexibility index (Phi) is 5.77. The Morgan fingerprint density at radius 1 is 0.917 bits per heavy atom. The first-order valence-electron chi connectivity index (χ1n) is 10.6. The minimum absolute atomic E-state index is 0.713. The van der Waals surface area contributed by atoms with Crippen LogP contribution in [0.2, 0.25) is 0 Å². The van der Waals surface area contributed by atoms with Crippen LogP contribution in [0.3, 0.4) is 0 Å². The van der Waals surface area contributed by atoms with Gasteiger partial charge in [-0.3, -0.25) is 4.90 Å². The number of likely N-dealkylation sites (tertiary alicyclic amines) is 1. The first-order valence-corrected chi connectivity index (χ1v) is 10.6. The van der Waals surface area contributed by atoms with Crippen molar-refractivity contribution >= 4 is 0 Å². The number of nitrogens with one attached hydrogen (secondary N) is 1. The van der Waals surface area contributed by atoms with Gasteiger partial charge in [0.05, 0.1) is 13.2 Å². The molecule has 3 saturated heterocycles. The molecule has 0 aromatic carbocycles. The SMILES string of the molecule is C1C[C@@H](CN2CCOCC2)CN(C2CCC3(CCNCC3)CC2)C1. The largest absolute Gasteiger partial charge is 0.379 e. The highest BCUT2D eigenvalue weighted by molar-refractivity contribution is 4.93. The molecule has 0 radical (unpaired) electrons. The van der Waals surface area contributed by atoms with E-state index < -0.39 is 0 Å². The molecule has 1 saturated carbocycles. The molecule has 0 unspecified atom stereocenters. The summed E-state index contributed by atoms with van der Waals surface area (Å²) >= 11 is 0. The third kappa shape index (κ3) is 4.14. The van der Waals surface area contributed by atoms with E-state index in [0.717, 1.165) is 38.3 Å². The van der Waals surface area contributed by atoms with Gasteiger partial charge in [0.15, 0.2) is 0 Å².